The van der Waals surface area contributed by atoms with Crippen molar-refractivity contribution in [3.8, 4) is 6.01 Å². The van der Waals surface area contributed by atoms with Gasteiger partial charge in [0.1, 0.15) is 0 Å². The number of benzene rings is 1. The first-order valence-electron chi connectivity index (χ1n) is 8.05. The van der Waals surface area contributed by atoms with Crippen LogP contribution in [0.25, 0.3) is 11.2 Å². The standard InChI is InChI=1S/C17H20BrN5O/c1-2-10-23-15-13(20-16(23)18)14(19)21-17(22-15)24-11-6-9-12-7-4-3-5-8-12/h3-5,7-8H,2,6,9-11H2,1H3,(H2,19,21,22). The number of hydrogen-bond acceptors (Lipinski definition) is 5. The Bertz CT molecular complexity index is 819. The van der Waals surface area contributed by atoms with Crippen molar-refractivity contribution >= 4 is 32.9 Å². The van der Waals surface area contributed by atoms with E-state index < -0.39 is 0 Å². The predicted molar refractivity (Wildman–Crippen MR) is 98.0 cm³/mol. The van der Waals surface area contributed by atoms with Crippen molar-refractivity contribution in [3.05, 3.63) is 40.6 Å². The van der Waals surface area contributed by atoms with Crippen LogP contribution in [0.3, 0.4) is 0 Å². The first-order chi connectivity index (χ1) is 11.7. The number of ether oxygens (including phenoxy) is 1. The van der Waals surface area contributed by atoms with Crippen molar-refractivity contribution in [1.82, 2.24) is 19.5 Å². The van der Waals surface area contributed by atoms with E-state index in [0.29, 0.717) is 34.3 Å². The number of rotatable bonds is 7. The molecule has 0 saturated carbocycles. The Balaban J connectivity index is 1.69. The van der Waals surface area contributed by atoms with E-state index in [4.69, 9.17) is 10.5 Å². The maximum Gasteiger partial charge on any atom is 0.320 e. The Morgan fingerprint density at radius 3 is 2.71 bits per heavy atom. The van der Waals surface area contributed by atoms with Gasteiger partial charge in [-0.3, -0.25) is 0 Å². The third-order valence-electron chi connectivity index (χ3n) is 3.69. The quantitative estimate of drug-likeness (QED) is 0.493. The van der Waals surface area contributed by atoms with Crippen molar-refractivity contribution in [2.24, 2.45) is 0 Å². The number of anilines is 1. The normalized spacial score (nSPS) is 11.1. The number of nitrogens with two attached hydrogens (primary N) is 1. The molecule has 0 radical (unpaired) electrons. The van der Waals surface area contributed by atoms with Gasteiger partial charge in [-0.2, -0.15) is 9.97 Å². The SMILES string of the molecule is CCCn1c(Br)nc2c(N)nc(OCCCc3ccccc3)nc21. The zero-order valence-electron chi connectivity index (χ0n) is 13.6. The van der Waals surface area contributed by atoms with Crippen LogP contribution in [0, 0.1) is 0 Å². The van der Waals surface area contributed by atoms with Crippen molar-refractivity contribution < 1.29 is 4.74 Å². The minimum Gasteiger partial charge on any atom is -0.463 e. The van der Waals surface area contributed by atoms with Gasteiger partial charge in [0.2, 0.25) is 0 Å². The lowest BCUT2D eigenvalue weighted by Gasteiger charge is -2.07. The summed E-state index contributed by atoms with van der Waals surface area (Å²) in [7, 11) is 0. The maximum absolute atomic E-state index is 6.00. The highest BCUT2D eigenvalue weighted by atomic mass is 79.9. The van der Waals surface area contributed by atoms with Gasteiger partial charge in [-0.25, -0.2) is 4.98 Å². The van der Waals surface area contributed by atoms with Crippen LogP contribution in [0.2, 0.25) is 0 Å². The fourth-order valence-corrected chi connectivity index (χ4v) is 3.07. The van der Waals surface area contributed by atoms with E-state index in [2.05, 4.69) is 49.9 Å². The molecule has 2 N–H and O–H groups in total. The lowest BCUT2D eigenvalue weighted by Crippen LogP contribution is -2.06. The van der Waals surface area contributed by atoms with Gasteiger partial charge in [-0.1, -0.05) is 37.3 Å². The van der Waals surface area contributed by atoms with Crippen LogP contribution < -0.4 is 10.5 Å². The zero-order valence-corrected chi connectivity index (χ0v) is 15.2. The summed E-state index contributed by atoms with van der Waals surface area (Å²) in [6.45, 7) is 3.45. The van der Waals surface area contributed by atoms with E-state index in [1.807, 2.05) is 22.8 Å². The predicted octanol–water partition coefficient (Wildman–Crippen LogP) is 3.59. The molecule has 6 nitrogen and oxygen atoms in total. The summed E-state index contributed by atoms with van der Waals surface area (Å²) in [4.78, 5) is 13.1. The monoisotopic (exact) mass is 389 g/mol. The lowest BCUT2D eigenvalue weighted by atomic mass is 10.1. The van der Waals surface area contributed by atoms with E-state index in [1.54, 1.807) is 0 Å². The minimum atomic E-state index is 0.304. The van der Waals surface area contributed by atoms with Crippen LogP contribution in [-0.4, -0.2) is 26.1 Å². The van der Waals surface area contributed by atoms with Gasteiger partial charge >= 0.3 is 6.01 Å². The molecule has 0 aliphatic heterocycles. The average molecular weight is 390 g/mol. The second-order valence-electron chi connectivity index (χ2n) is 5.53. The average Bonchev–Trinajstić information content (AvgIpc) is 2.90. The molecule has 3 aromatic rings. The summed E-state index contributed by atoms with van der Waals surface area (Å²) in [5.41, 5.74) is 8.60. The first kappa shape index (κ1) is 16.7. The second kappa shape index (κ2) is 7.61. The number of nitrogen functional groups attached to an aromatic ring is 1. The highest BCUT2D eigenvalue weighted by Gasteiger charge is 2.15. The molecule has 1 aromatic carbocycles. The molecule has 0 fully saturated rings. The van der Waals surface area contributed by atoms with Crippen molar-refractivity contribution in [1.29, 1.82) is 0 Å². The Labute approximate surface area is 149 Å². The molecule has 24 heavy (non-hydrogen) atoms. The molecule has 3 rings (SSSR count). The van der Waals surface area contributed by atoms with Gasteiger partial charge in [0.15, 0.2) is 21.7 Å². The fraction of sp³-hybridized carbons (Fsp3) is 0.353. The fourth-order valence-electron chi connectivity index (χ4n) is 2.55. The molecule has 0 amide bonds. The maximum atomic E-state index is 6.00. The molecular formula is C17H20BrN5O. The van der Waals surface area contributed by atoms with E-state index >= 15 is 0 Å². The number of imidazole rings is 1. The summed E-state index contributed by atoms with van der Waals surface area (Å²) in [5.74, 6) is 0.341. The van der Waals surface area contributed by atoms with Gasteiger partial charge < -0.3 is 15.0 Å². The molecule has 2 aromatic heterocycles. The highest BCUT2D eigenvalue weighted by molar-refractivity contribution is 9.10. The van der Waals surface area contributed by atoms with Crippen molar-refractivity contribution in [3.63, 3.8) is 0 Å². The summed E-state index contributed by atoms with van der Waals surface area (Å²) >= 11 is 3.45. The summed E-state index contributed by atoms with van der Waals surface area (Å²) in [6, 6.07) is 10.6. The van der Waals surface area contributed by atoms with Crippen LogP contribution in [0.5, 0.6) is 6.01 Å². The molecule has 7 heteroatoms. The third-order valence-corrected chi connectivity index (χ3v) is 4.29. The van der Waals surface area contributed by atoms with Crippen molar-refractivity contribution in [2.45, 2.75) is 32.7 Å². The van der Waals surface area contributed by atoms with E-state index in [-0.39, 0.29) is 0 Å². The Hall–Kier alpha value is -2.15. The number of hydrogen-bond donors (Lipinski definition) is 1. The molecule has 0 aliphatic rings. The molecule has 0 saturated heterocycles. The largest absolute Gasteiger partial charge is 0.463 e. The van der Waals surface area contributed by atoms with Gasteiger partial charge in [-0.15, -0.1) is 0 Å². The number of fused-ring (bicyclic) bond motifs is 1. The smallest absolute Gasteiger partial charge is 0.320 e. The summed E-state index contributed by atoms with van der Waals surface area (Å²) in [5, 5.41) is 0. The Morgan fingerprint density at radius 2 is 1.96 bits per heavy atom. The molecule has 0 unspecified atom stereocenters. The van der Waals surface area contributed by atoms with E-state index in [0.717, 1.165) is 25.8 Å². The minimum absolute atomic E-state index is 0.304. The number of aromatic nitrogens is 4. The van der Waals surface area contributed by atoms with Gasteiger partial charge in [0.05, 0.1) is 6.61 Å². The molecule has 0 bridgehead atoms. The number of nitrogens with zero attached hydrogens (tertiary/aromatic N) is 4. The molecule has 0 aliphatic carbocycles. The third kappa shape index (κ3) is 3.67. The lowest BCUT2D eigenvalue weighted by molar-refractivity contribution is 0.288. The second-order valence-corrected chi connectivity index (χ2v) is 6.24. The highest BCUT2D eigenvalue weighted by Crippen LogP contribution is 2.24. The molecule has 2 heterocycles. The summed E-state index contributed by atoms with van der Waals surface area (Å²) in [6.07, 6.45) is 2.82. The Kier molecular flexibility index (Phi) is 5.30. The van der Waals surface area contributed by atoms with E-state index in [1.165, 1.54) is 5.56 Å². The van der Waals surface area contributed by atoms with Gasteiger partial charge in [0.25, 0.3) is 0 Å². The summed E-state index contributed by atoms with van der Waals surface area (Å²) < 4.78 is 8.39. The van der Waals surface area contributed by atoms with Crippen LogP contribution in [-0.2, 0) is 13.0 Å². The van der Waals surface area contributed by atoms with Crippen molar-refractivity contribution in [2.75, 3.05) is 12.3 Å². The Morgan fingerprint density at radius 1 is 1.17 bits per heavy atom. The molecule has 0 atom stereocenters. The van der Waals surface area contributed by atoms with Gasteiger partial charge in [0, 0.05) is 6.54 Å². The molecule has 0 spiro atoms. The topological polar surface area (TPSA) is 78.9 Å². The zero-order chi connectivity index (χ0) is 16.9. The van der Waals surface area contributed by atoms with Crippen LogP contribution in [0.4, 0.5) is 5.82 Å². The van der Waals surface area contributed by atoms with Crippen LogP contribution >= 0.6 is 15.9 Å². The van der Waals surface area contributed by atoms with Crippen LogP contribution in [0.1, 0.15) is 25.3 Å². The first-order valence-corrected chi connectivity index (χ1v) is 8.84. The van der Waals surface area contributed by atoms with Crippen LogP contribution in [0.15, 0.2) is 35.1 Å². The number of halogens is 1. The number of aryl methyl sites for hydroxylation is 2. The molecular weight excluding hydrogens is 370 g/mol. The van der Waals surface area contributed by atoms with E-state index in [9.17, 15) is 0 Å². The van der Waals surface area contributed by atoms with Gasteiger partial charge in [-0.05, 0) is 40.8 Å². The molecule has 126 valence electrons.